The summed E-state index contributed by atoms with van der Waals surface area (Å²) in [5, 5.41) is 1.01. The van der Waals surface area contributed by atoms with E-state index in [0.717, 1.165) is 10.5 Å². The molecule has 0 aliphatic heterocycles. The van der Waals surface area contributed by atoms with Gasteiger partial charge in [0.15, 0.2) is 0 Å². The van der Waals surface area contributed by atoms with Crippen molar-refractivity contribution in [3.05, 3.63) is 23.2 Å². The van der Waals surface area contributed by atoms with Crippen LogP contribution in [-0.4, -0.2) is 11.2 Å². The Morgan fingerprint density at radius 3 is 2.93 bits per heavy atom. The van der Waals surface area contributed by atoms with E-state index in [1.165, 1.54) is 9.60 Å². The quantitative estimate of drug-likeness (QED) is 0.797. The zero-order chi connectivity index (χ0) is 10.1. The van der Waals surface area contributed by atoms with E-state index in [9.17, 15) is 0 Å². The summed E-state index contributed by atoms with van der Waals surface area (Å²) in [6.45, 7) is 1.97. The Morgan fingerprint density at radius 2 is 2.29 bits per heavy atom. The third-order valence-corrected chi connectivity index (χ3v) is 3.95. The summed E-state index contributed by atoms with van der Waals surface area (Å²) in [6.07, 6.45) is 2.08. The van der Waals surface area contributed by atoms with Gasteiger partial charge in [0.2, 0.25) is 0 Å². The van der Waals surface area contributed by atoms with Crippen LogP contribution in [0.25, 0.3) is 10.2 Å². The molecule has 2 rings (SSSR count). The number of nitrogens with zero attached hydrogens (tertiary/aromatic N) is 1. The Balaban J connectivity index is 2.54. The predicted octanol–water partition coefficient (Wildman–Crippen LogP) is 3.04. The van der Waals surface area contributed by atoms with Gasteiger partial charge in [0.1, 0.15) is 5.01 Å². The van der Waals surface area contributed by atoms with Gasteiger partial charge in [-0.2, -0.15) is 0 Å². The van der Waals surface area contributed by atoms with Gasteiger partial charge in [-0.1, -0.05) is 0 Å². The van der Waals surface area contributed by atoms with Gasteiger partial charge in [-0.05, 0) is 31.4 Å². The van der Waals surface area contributed by atoms with Crippen molar-refractivity contribution in [1.29, 1.82) is 0 Å². The average Bonchev–Trinajstić information content (AvgIpc) is 2.59. The minimum Gasteiger partial charge on any atom is -0.322 e. The number of aromatic nitrogens is 1. The van der Waals surface area contributed by atoms with Crippen molar-refractivity contribution in [3.63, 3.8) is 0 Å². The molecule has 4 heteroatoms. The van der Waals surface area contributed by atoms with Gasteiger partial charge in [-0.25, -0.2) is 4.98 Å². The molecule has 0 fully saturated rings. The maximum absolute atomic E-state index is 5.79. The highest BCUT2D eigenvalue weighted by atomic mass is 32.2. The third-order valence-electron chi connectivity index (χ3n) is 2.00. The maximum atomic E-state index is 5.79. The number of fused-ring (bicyclic) bond motifs is 1. The number of rotatable bonds is 2. The van der Waals surface area contributed by atoms with E-state index in [1.807, 2.05) is 6.92 Å². The van der Waals surface area contributed by atoms with Crippen molar-refractivity contribution in [2.75, 3.05) is 6.26 Å². The highest BCUT2D eigenvalue weighted by Gasteiger charge is 2.07. The zero-order valence-corrected chi connectivity index (χ0v) is 9.78. The lowest BCUT2D eigenvalue weighted by molar-refractivity contribution is 0.810. The van der Waals surface area contributed by atoms with Gasteiger partial charge in [-0.15, -0.1) is 23.1 Å². The number of nitrogens with two attached hydrogens (primary N) is 1. The van der Waals surface area contributed by atoms with Gasteiger partial charge in [0.05, 0.1) is 16.3 Å². The van der Waals surface area contributed by atoms with Crippen molar-refractivity contribution < 1.29 is 0 Å². The molecule has 1 heterocycles. The van der Waals surface area contributed by atoms with Crippen LogP contribution in [0.1, 0.15) is 18.0 Å². The molecule has 0 aliphatic carbocycles. The number of thioether (sulfide) groups is 1. The second kappa shape index (κ2) is 3.88. The molecule has 1 aromatic heterocycles. The summed E-state index contributed by atoms with van der Waals surface area (Å²) in [5.74, 6) is 0. The largest absolute Gasteiger partial charge is 0.322 e. The summed E-state index contributed by atoms with van der Waals surface area (Å²) in [4.78, 5) is 5.75. The molecule has 1 aromatic carbocycles. The van der Waals surface area contributed by atoms with Crippen LogP contribution in [0.4, 0.5) is 0 Å². The first-order valence-electron chi connectivity index (χ1n) is 4.41. The summed E-state index contributed by atoms with van der Waals surface area (Å²) < 4.78 is 1.23. The Bertz CT molecular complexity index is 448. The van der Waals surface area contributed by atoms with Gasteiger partial charge in [0, 0.05) is 4.90 Å². The number of thiazole rings is 1. The molecule has 14 heavy (non-hydrogen) atoms. The minimum atomic E-state index is 0.0325. The fourth-order valence-corrected chi connectivity index (χ4v) is 2.72. The number of benzene rings is 1. The Morgan fingerprint density at radius 1 is 1.50 bits per heavy atom. The molecule has 74 valence electrons. The molecule has 0 aliphatic rings. The first-order valence-corrected chi connectivity index (χ1v) is 6.45. The van der Waals surface area contributed by atoms with Crippen molar-refractivity contribution in [2.45, 2.75) is 17.9 Å². The normalized spacial score (nSPS) is 13.4. The van der Waals surface area contributed by atoms with Crippen molar-refractivity contribution in [2.24, 2.45) is 5.73 Å². The second-order valence-electron chi connectivity index (χ2n) is 3.17. The predicted molar refractivity (Wildman–Crippen MR) is 64.0 cm³/mol. The lowest BCUT2D eigenvalue weighted by Crippen LogP contribution is -2.03. The number of hydrogen-bond acceptors (Lipinski definition) is 4. The molecule has 0 saturated carbocycles. The SMILES string of the molecule is CSc1ccc2nc(C(C)N)sc2c1. The minimum absolute atomic E-state index is 0.0325. The molecule has 2 nitrogen and oxygen atoms in total. The Hall–Kier alpha value is -0.580. The fourth-order valence-electron chi connectivity index (χ4n) is 1.24. The van der Waals surface area contributed by atoms with E-state index < -0.39 is 0 Å². The first kappa shape index (κ1) is 9.96. The van der Waals surface area contributed by atoms with E-state index in [-0.39, 0.29) is 6.04 Å². The molecule has 1 unspecified atom stereocenters. The van der Waals surface area contributed by atoms with Crippen LogP contribution in [0.3, 0.4) is 0 Å². The lowest BCUT2D eigenvalue weighted by atomic mass is 10.3. The van der Waals surface area contributed by atoms with E-state index >= 15 is 0 Å². The fraction of sp³-hybridized carbons (Fsp3) is 0.300. The van der Waals surface area contributed by atoms with Crippen molar-refractivity contribution >= 4 is 33.3 Å². The summed E-state index contributed by atoms with van der Waals surface area (Å²) in [6, 6.07) is 6.36. The zero-order valence-electron chi connectivity index (χ0n) is 8.15. The van der Waals surface area contributed by atoms with E-state index in [1.54, 1.807) is 23.1 Å². The van der Waals surface area contributed by atoms with Crippen molar-refractivity contribution in [3.8, 4) is 0 Å². The molecule has 0 amide bonds. The van der Waals surface area contributed by atoms with E-state index in [0.29, 0.717) is 0 Å². The van der Waals surface area contributed by atoms with Crippen LogP contribution < -0.4 is 5.73 Å². The van der Waals surface area contributed by atoms with Gasteiger partial charge in [-0.3, -0.25) is 0 Å². The molecule has 0 radical (unpaired) electrons. The molecule has 1 atom stereocenters. The average molecular weight is 224 g/mol. The highest BCUT2D eigenvalue weighted by molar-refractivity contribution is 7.98. The van der Waals surface area contributed by atoms with Gasteiger partial charge >= 0.3 is 0 Å². The standard InChI is InChI=1S/C10H12N2S2/c1-6(11)10-12-8-4-3-7(13-2)5-9(8)14-10/h3-6H,11H2,1-2H3. The third kappa shape index (κ3) is 1.78. The van der Waals surface area contributed by atoms with Crippen LogP contribution >= 0.6 is 23.1 Å². The van der Waals surface area contributed by atoms with Gasteiger partial charge < -0.3 is 5.73 Å². The van der Waals surface area contributed by atoms with Crippen LogP contribution in [0.2, 0.25) is 0 Å². The summed E-state index contributed by atoms with van der Waals surface area (Å²) in [5.41, 5.74) is 6.85. The number of hydrogen-bond donors (Lipinski definition) is 1. The topological polar surface area (TPSA) is 38.9 Å². The molecular formula is C10H12N2S2. The van der Waals surface area contributed by atoms with Crippen LogP contribution in [-0.2, 0) is 0 Å². The molecule has 0 saturated heterocycles. The Labute approximate surface area is 91.5 Å². The van der Waals surface area contributed by atoms with Gasteiger partial charge in [0.25, 0.3) is 0 Å². The van der Waals surface area contributed by atoms with Crippen LogP contribution in [0.15, 0.2) is 23.1 Å². The van der Waals surface area contributed by atoms with Crippen molar-refractivity contribution in [1.82, 2.24) is 4.98 Å². The second-order valence-corrected chi connectivity index (χ2v) is 5.12. The van der Waals surface area contributed by atoms with E-state index in [2.05, 4.69) is 29.4 Å². The summed E-state index contributed by atoms with van der Waals surface area (Å²) >= 11 is 3.43. The Kier molecular flexibility index (Phi) is 2.76. The maximum Gasteiger partial charge on any atom is 0.110 e. The van der Waals surface area contributed by atoms with Crippen LogP contribution in [0, 0.1) is 0 Å². The van der Waals surface area contributed by atoms with E-state index in [4.69, 9.17) is 5.73 Å². The summed E-state index contributed by atoms with van der Waals surface area (Å²) in [7, 11) is 0. The lowest BCUT2D eigenvalue weighted by Gasteiger charge is -1.95. The molecule has 2 N–H and O–H groups in total. The first-order chi connectivity index (χ1) is 6.70. The highest BCUT2D eigenvalue weighted by Crippen LogP contribution is 2.28. The monoisotopic (exact) mass is 224 g/mol. The molecular weight excluding hydrogens is 212 g/mol. The van der Waals surface area contributed by atoms with Crippen LogP contribution in [0.5, 0.6) is 0 Å². The smallest absolute Gasteiger partial charge is 0.110 e. The molecule has 0 bridgehead atoms. The molecule has 0 spiro atoms. The molecule has 2 aromatic rings.